The van der Waals surface area contributed by atoms with E-state index in [1.165, 1.54) is 58.3 Å². The number of anilines is 1. The van der Waals surface area contributed by atoms with Crippen molar-refractivity contribution < 1.29 is 142 Å². The van der Waals surface area contributed by atoms with Gasteiger partial charge in [0.1, 0.15) is 101 Å². The highest BCUT2D eigenvalue weighted by Crippen LogP contribution is 2.50. The number of fused-ring (bicyclic) bond motifs is 16. The third-order valence-electron chi connectivity index (χ3n) is 20.4. The Labute approximate surface area is 711 Å². The highest BCUT2D eigenvalue weighted by Gasteiger charge is 2.51. The molecule has 6 aromatic rings. The average molecular weight is 1760 g/mol. The highest BCUT2D eigenvalue weighted by molar-refractivity contribution is 6.32. The summed E-state index contributed by atoms with van der Waals surface area (Å²) in [6.07, 6.45) is -19.5. The molecule has 6 aromatic carbocycles. The number of phenols is 4. The van der Waals surface area contributed by atoms with E-state index in [0.29, 0.717) is 0 Å². The molecule has 10 amide bonds. The predicted octanol–water partition coefficient (Wildman–Crippen LogP) is -0.000200. The maximum Gasteiger partial charge on any atom is 0.256 e. The first-order chi connectivity index (χ1) is 58.2. The molecule has 123 heavy (non-hydrogen) atoms. The average Bonchev–Trinajstić information content (AvgIpc) is 0.768. The van der Waals surface area contributed by atoms with E-state index >= 15 is 9.59 Å². The lowest BCUT2D eigenvalue weighted by molar-refractivity contribution is -0.333. The van der Waals surface area contributed by atoms with Crippen LogP contribution in [0.4, 0.5) is 5.69 Å². The Bertz CT molecular complexity index is 4970. The molecular formula is C80H96Cl2N12O29. The van der Waals surface area contributed by atoms with Gasteiger partial charge in [0, 0.05) is 35.7 Å². The smallest absolute Gasteiger partial charge is 0.256 e. The van der Waals surface area contributed by atoms with Gasteiger partial charge >= 0.3 is 0 Å². The number of rotatable bonds is 25. The molecule has 6 aliphatic heterocycles. The first-order valence-electron chi connectivity index (χ1n) is 38.3. The second kappa shape index (κ2) is 40.7. The van der Waals surface area contributed by atoms with E-state index < -0.39 is 267 Å². The summed E-state index contributed by atoms with van der Waals surface area (Å²) < 4.78 is 54.6. The van der Waals surface area contributed by atoms with Crippen LogP contribution in [0.2, 0.25) is 10.0 Å². The standard InChI is InChI=1S/C80H96Cl2N12O29/c1-32(2)19-44(87-5)74(110)94-64-65(103)36-9-13-50(42(82)22-36)120-53-24-37-23-52(69(53)123-79-70(68(106)67(105)54(30-95)121-79)122-58-29-80(4,86)71(107)33(3)118-58)119-49-12-8-34(21-41(49)81)47(98)28-56(101)91-63(76(112)88-15-16-116-17-18-117-31-57(102)89-43-10-14-51(115-6)60(66(43)104)72(84)108)40-25-38(96)26-48(99)59(40)39-20-35(7-11-46(39)97)61(73(85)109)92-77(113)62(37)93-75(111)45(27-55(83)100)90-78(64)114/h7-14,20-26,32-33,44-45,47,54,58,61-65,67-68,70-71,79,87,95-99,103-107H,15-19,27-31,86H2,1-6H3,(H2,83,100)(H2,84,108)(H2,85,109)(H,88,112)(H,89,102)(H,90,114)(H,91,101)(H,92,113)(H,93,111)(H,94,110)/t33-,44-,45+,47+,54+,58-,61-,62-,63-,64-,65-,67-,68+,70+,71-,79?,80+/m1/s1. The second-order valence-corrected chi connectivity index (χ2v) is 30.8. The molecular weight excluding hydrogens is 1660 g/mol. The highest BCUT2D eigenvalue weighted by atomic mass is 35.5. The monoisotopic (exact) mass is 1760 g/mol. The summed E-state index contributed by atoms with van der Waals surface area (Å²) in [5.41, 5.74) is 19.1. The second-order valence-electron chi connectivity index (χ2n) is 30.0. The predicted molar refractivity (Wildman–Crippen MR) is 430 cm³/mol. The van der Waals surface area contributed by atoms with Crippen LogP contribution in [-0.2, 0) is 66.8 Å². The van der Waals surface area contributed by atoms with Gasteiger partial charge in [0.15, 0.2) is 29.6 Å². The number of aliphatic hydroxyl groups is 6. The lowest BCUT2D eigenvalue weighted by Crippen LogP contribution is -2.64. The molecule has 2 saturated heterocycles. The fourth-order valence-corrected chi connectivity index (χ4v) is 14.6. The third-order valence-corrected chi connectivity index (χ3v) is 21.0. The van der Waals surface area contributed by atoms with Gasteiger partial charge in [-0.1, -0.05) is 55.2 Å². The number of carbonyl (C=O) groups excluding carboxylic acids is 10. The number of amides is 10. The number of phenolic OH excluding ortho intramolecular Hbond substituents is 3. The van der Waals surface area contributed by atoms with Crippen molar-refractivity contribution in [3.05, 3.63) is 134 Å². The summed E-state index contributed by atoms with van der Waals surface area (Å²) in [6.45, 7) is 3.91. The normalized spacial score (nSPS) is 25.2. The Morgan fingerprint density at radius 2 is 1.37 bits per heavy atom. The van der Waals surface area contributed by atoms with Crippen molar-refractivity contribution >= 4 is 88.0 Å². The largest absolute Gasteiger partial charge is 0.508 e. The number of carbonyl (C=O) groups is 10. The molecule has 0 radical (unpaired) electrons. The number of aliphatic hydroxyl groups excluding tert-OH is 6. The number of benzene rings is 6. The number of primary amides is 3. The molecule has 6 aliphatic rings. The number of hydrogen-bond donors (Lipinski definition) is 22. The molecule has 17 atom stereocenters. The van der Waals surface area contributed by atoms with Crippen molar-refractivity contribution in [2.45, 2.75) is 157 Å². The van der Waals surface area contributed by atoms with Gasteiger partial charge < -0.3 is 159 Å². The van der Waals surface area contributed by atoms with Crippen LogP contribution in [0.5, 0.6) is 57.5 Å². The zero-order valence-corrected chi connectivity index (χ0v) is 68.4. The van der Waals surface area contributed by atoms with Crippen molar-refractivity contribution in [2.24, 2.45) is 28.9 Å². The molecule has 1 unspecified atom stereocenters. The van der Waals surface area contributed by atoms with E-state index in [2.05, 4.69) is 42.5 Å². The summed E-state index contributed by atoms with van der Waals surface area (Å²) in [5, 5.41) is 135. The number of methoxy groups -OCH3 is 1. The molecule has 0 saturated carbocycles. The van der Waals surface area contributed by atoms with Crippen LogP contribution in [0.25, 0.3) is 11.1 Å². The van der Waals surface area contributed by atoms with E-state index in [0.717, 1.165) is 60.7 Å². The molecule has 0 aliphatic carbocycles. The minimum Gasteiger partial charge on any atom is -0.508 e. The third kappa shape index (κ3) is 22.5. The van der Waals surface area contributed by atoms with Crippen molar-refractivity contribution in [1.29, 1.82) is 0 Å². The minimum absolute atomic E-state index is 0.0533. The summed E-state index contributed by atoms with van der Waals surface area (Å²) in [7, 11) is 2.70. The summed E-state index contributed by atoms with van der Waals surface area (Å²) >= 11 is 14.2. The van der Waals surface area contributed by atoms with E-state index in [9.17, 15) is 89.4 Å². The molecule has 2 fully saturated rings. The lowest BCUT2D eigenvalue weighted by Gasteiger charge is -2.47. The Balaban J connectivity index is 1.10. The van der Waals surface area contributed by atoms with E-state index in [4.69, 9.17) is 88.8 Å². The van der Waals surface area contributed by atoms with Crippen LogP contribution in [0.15, 0.2) is 91.0 Å². The number of nitrogens with two attached hydrogens (primary N) is 4. The van der Waals surface area contributed by atoms with Gasteiger partial charge in [0.2, 0.25) is 65.2 Å². The molecule has 12 rings (SSSR count). The number of halogens is 2. The Kier molecular flexibility index (Phi) is 31.0. The quantitative estimate of drug-likeness (QED) is 0.0265. The molecule has 9 bridgehead atoms. The number of hydrogen-bond acceptors (Lipinski definition) is 31. The maximum absolute atomic E-state index is 16.0. The summed E-state index contributed by atoms with van der Waals surface area (Å²) in [6, 6.07) is 4.37. The maximum atomic E-state index is 16.0. The molecule has 0 spiro atoms. The van der Waals surface area contributed by atoms with Crippen LogP contribution in [0.3, 0.4) is 0 Å². The van der Waals surface area contributed by atoms with Crippen molar-refractivity contribution in [2.75, 3.05) is 59.1 Å². The Hall–Kier alpha value is -11.5. The summed E-state index contributed by atoms with van der Waals surface area (Å²) in [5.74, 6) is -17.8. The Morgan fingerprint density at radius 1 is 0.715 bits per heavy atom. The van der Waals surface area contributed by atoms with Crippen LogP contribution >= 0.6 is 23.2 Å². The first kappa shape index (κ1) is 93.7. The van der Waals surface area contributed by atoms with Crippen LogP contribution < -0.4 is 84.4 Å². The topological polar surface area (TPSA) is 656 Å². The van der Waals surface area contributed by atoms with Gasteiger partial charge in [-0.3, -0.25) is 47.9 Å². The minimum atomic E-state index is -2.37. The molecule has 41 nitrogen and oxygen atoms in total. The van der Waals surface area contributed by atoms with Gasteiger partial charge in [0.25, 0.3) is 5.91 Å². The number of nitrogens with one attached hydrogen (secondary N) is 8. The number of ether oxygens (including phenoxy) is 9. The summed E-state index contributed by atoms with van der Waals surface area (Å²) in [4.78, 5) is 142. The number of likely N-dealkylation sites (N-methyl/N-ethyl adjacent to an activating group) is 1. The molecule has 6 heterocycles. The van der Waals surface area contributed by atoms with Gasteiger partial charge in [-0.2, -0.15) is 0 Å². The van der Waals surface area contributed by atoms with Gasteiger partial charge in [-0.15, -0.1) is 0 Å². The molecule has 43 heteroatoms. The van der Waals surface area contributed by atoms with Crippen LogP contribution in [0, 0.1) is 5.92 Å². The fourth-order valence-electron chi connectivity index (χ4n) is 14.1. The van der Waals surface area contributed by atoms with Gasteiger partial charge in [0.05, 0.1) is 86.5 Å². The zero-order chi connectivity index (χ0) is 89.9. The zero-order valence-electron chi connectivity index (χ0n) is 66.8. The van der Waals surface area contributed by atoms with E-state index in [-0.39, 0.29) is 84.6 Å². The van der Waals surface area contributed by atoms with Gasteiger partial charge in [-0.25, -0.2) is 0 Å². The molecule has 0 aromatic heterocycles. The molecule has 26 N–H and O–H groups in total. The number of aromatic hydroxyl groups is 4. The van der Waals surface area contributed by atoms with E-state index in [1.807, 2.05) is 13.8 Å². The SMILES string of the molecule is CN[C@H](CC(C)C)C(=O)N[C@H]1C(=O)N[C@@H](CC(N)=O)C(=O)N[C@H]2C(=O)N[C@@H](C(N)=O)c3ccc(O)c(c3)-c3c(O)cc(O)cc3[C@H](C(=O)NCCOCCOCC(=O)Nc3ccc(OC)c(C(N)=O)c3O)NC(=O)C[C@H](O)c3ccc(c(Cl)c3)Oc3cc2cc(c3OC2O[C@@H](CO)[C@@H](O)[C@H](O)[C@@H]2O[C@@H]2C[C@](C)(N)[C@H](O)[C@@H](C)O2)Oc2ccc(cc2Cl)[C@H]1O. The van der Waals surface area contributed by atoms with E-state index in [1.54, 1.807) is 0 Å². The first-order valence-corrected chi connectivity index (χ1v) is 39.1. The van der Waals surface area contributed by atoms with Gasteiger partial charge in [-0.05, 0) is 128 Å². The van der Waals surface area contributed by atoms with Crippen molar-refractivity contribution in [1.82, 2.24) is 37.2 Å². The van der Waals surface area contributed by atoms with Crippen molar-refractivity contribution in [3.63, 3.8) is 0 Å². The molecule has 664 valence electrons. The van der Waals surface area contributed by atoms with Crippen LogP contribution in [-0.4, -0.2) is 237 Å². The fraction of sp³-hybridized carbons (Fsp3) is 0.425. The van der Waals surface area contributed by atoms with Crippen molar-refractivity contribution in [3.8, 4) is 68.6 Å². The Morgan fingerprint density at radius 3 is 1.99 bits per heavy atom. The van der Waals surface area contributed by atoms with Crippen LogP contribution in [0.1, 0.15) is 122 Å². The lowest BCUT2D eigenvalue weighted by atomic mass is 9.86.